The molecule has 5 heterocycles. The highest BCUT2D eigenvalue weighted by molar-refractivity contribution is 6.28. The normalized spacial score (nSPS) is 22.5. The fourth-order valence-corrected chi connectivity index (χ4v) is 4.60. The number of ether oxygens (including phenoxy) is 2. The molecule has 0 saturated carbocycles. The van der Waals surface area contributed by atoms with Crippen molar-refractivity contribution in [3.05, 3.63) is 23.1 Å². The number of fused-ring (bicyclic) bond motifs is 1. The molecule has 2 aromatic heterocycles. The van der Waals surface area contributed by atoms with Crippen LogP contribution in [0.15, 0.2) is 12.1 Å². The van der Waals surface area contributed by atoms with Crippen LogP contribution < -0.4 is 4.90 Å². The summed E-state index contributed by atoms with van der Waals surface area (Å²) >= 11 is 6.17. The number of anilines is 1. The molecule has 0 atom stereocenters. The third kappa shape index (κ3) is 3.81. The first-order valence-electron chi connectivity index (χ1n) is 10.2. The molecule has 0 radical (unpaired) electrons. The molecular formula is C20H26ClN5O2. The maximum absolute atomic E-state index is 6.17. The molecule has 2 aromatic rings. The van der Waals surface area contributed by atoms with Gasteiger partial charge in [0, 0.05) is 25.6 Å². The number of morpholine rings is 1. The zero-order valence-electron chi connectivity index (χ0n) is 16.0. The van der Waals surface area contributed by atoms with Crippen molar-refractivity contribution in [2.24, 2.45) is 11.8 Å². The number of likely N-dealkylation sites (tertiary alicyclic amines) is 1. The first-order valence-corrected chi connectivity index (χ1v) is 10.6. The molecule has 7 nitrogen and oxygen atoms in total. The van der Waals surface area contributed by atoms with E-state index < -0.39 is 0 Å². The summed E-state index contributed by atoms with van der Waals surface area (Å²) in [5.41, 5.74) is 2.71. The molecule has 3 aliphatic rings. The fraction of sp³-hybridized carbons (Fsp3) is 0.650. The molecule has 3 fully saturated rings. The van der Waals surface area contributed by atoms with Crippen molar-refractivity contribution in [1.29, 1.82) is 0 Å². The van der Waals surface area contributed by atoms with Gasteiger partial charge in [0.25, 0.3) is 0 Å². The van der Waals surface area contributed by atoms with Gasteiger partial charge in [-0.15, -0.1) is 0 Å². The van der Waals surface area contributed by atoms with Crippen molar-refractivity contribution in [1.82, 2.24) is 19.9 Å². The molecule has 3 saturated heterocycles. The first-order chi connectivity index (χ1) is 13.8. The summed E-state index contributed by atoms with van der Waals surface area (Å²) in [5.74, 6) is 2.45. The van der Waals surface area contributed by atoms with Crippen molar-refractivity contribution in [2.75, 3.05) is 57.5 Å². The van der Waals surface area contributed by atoms with Gasteiger partial charge in [0.1, 0.15) is 5.52 Å². The molecule has 8 heteroatoms. The van der Waals surface area contributed by atoms with Gasteiger partial charge in [-0.3, -0.25) is 4.90 Å². The predicted molar refractivity (Wildman–Crippen MR) is 108 cm³/mol. The third-order valence-corrected chi connectivity index (χ3v) is 6.38. The van der Waals surface area contributed by atoms with Crippen molar-refractivity contribution in [3.63, 3.8) is 0 Å². The minimum atomic E-state index is 0.269. The van der Waals surface area contributed by atoms with Crippen molar-refractivity contribution in [3.8, 4) is 0 Å². The van der Waals surface area contributed by atoms with Gasteiger partial charge in [0.2, 0.25) is 5.28 Å². The van der Waals surface area contributed by atoms with Crippen LogP contribution in [-0.2, 0) is 16.0 Å². The Balaban J connectivity index is 1.33. The Bertz CT molecular complexity index is 833. The van der Waals surface area contributed by atoms with Crippen LogP contribution in [0.3, 0.4) is 0 Å². The zero-order chi connectivity index (χ0) is 18.9. The van der Waals surface area contributed by atoms with Crippen molar-refractivity contribution >= 4 is 28.5 Å². The van der Waals surface area contributed by atoms with Crippen LogP contribution in [0.25, 0.3) is 11.0 Å². The lowest BCUT2D eigenvalue weighted by Crippen LogP contribution is -2.41. The Hall–Kier alpha value is -1.54. The molecule has 0 unspecified atom stereocenters. The Labute approximate surface area is 170 Å². The second kappa shape index (κ2) is 8.06. The van der Waals surface area contributed by atoms with Crippen LogP contribution in [0.1, 0.15) is 18.5 Å². The van der Waals surface area contributed by atoms with E-state index >= 15 is 0 Å². The molecule has 150 valence electrons. The molecule has 0 amide bonds. The van der Waals surface area contributed by atoms with Gasteiger partial charge in [-0.25, -0.2) is 9.97 Å². The van der Waals surface area contributed by atoms with E-state index in [1.807, 2.05) is 6.07 Å². The zero-order valence-corrected chi connectivity index (χ0v) is 16.8. The molecule has 0 bridgehead atoms. The lowest BCUT2D eigenvalue weighted by atomic mass is 9.83. The molecule has 3 aliphatic heterocycles. The van der Waals surface area contributed by atoms with Gasteiger partial charge in [0.15, 0.2) is 5.82 Å². The molecule has 0 aliphatic carbocycles. The monoisotopic (exact) mass is 403 g/mol. The Morgan fingerprint density at radius 2 is 1.71 bits per heavy atom. The predicted octanol–water partition coefficient (Wildman–Crippen LogP) is 2.37. The van der Waals surface area contributed by atoms with E-state index in [4.69, 9.17) is 26.1 Å². The number of pyridine rings is 1. The maximum Gasteiger partial charge on any atom is 0.225 e. The molecule has 0 aromatic carbocycles. The number of hydrogen-bond donors (Lipinski definition) is 0. The Morgan fingerprint density at radius 1 is 0.929 bits per heavy atom. The number of aromatic nitrogens is 3. The van der Waals surface area contributed by atoms with E-state index in [9.17, 15) is 0 Å². The summed E-state index contributed by atoms with van der Waals surface area (Å²) < 4.78 is 10.8. The SMILES string of the molecule is Clc1nc(N2CCOCC2)c2nc(CN3CCC(C4COC4)CC3)ccc2n1. The third-order valence-electron chi connectivity index (χ3n) is 6.21. The number of piperidine rings is 1. The van der Waals surface area contributed by atoms with E-state index in [-0.39, 0.29) is 5.28 Å². The van der Waals surface area contributed by atoms with E-state index in [2.05, 4.69) is 25.8 Å². The van der Waals surface area contributed by atoms with Gasteiger partial charge in [0.05, 0.1) is 37.6 Å². The van der Waals surface area contributed by atoms with Crippen LogP contribution in [0.4, 0.5) is 5.82 Å². The lowest BCUT2D eigenvalue weighted by Gasteiger charge is -2.39. The average molecular weight is 404 g/mol. The van der Waals surface area contributed by atoms with Crippen LogP contribution in [0.5, 0.6) is 0 Å². The molecule has 0 spiro atoms. The molecule has 0 N–H and O–H groups in total. The number of hydrogen-bond acceptors (Lipinski definition) is 7. The quantitative estimate of drug-likeness (QED) is 0.726. The lowest BCUT2D eigenvalue weighted by molar-refractivity contribution is -0.0726. The Morgan fingerprint density at radius 3 is 2.43 bits per heavy atom. The van der Waals surface area contributed by atoms with Crippen LogP contribution in [0.2, 0.25) is 5.28 Å². The van der Waals surface area contributed by atoms with E-state index in [1.54, 1.807) is 0 Å². The highest BCUT2D eigenvalue weighted by Gasteiger charge is 2.31. The topological polar surface area (TPSA) is 63.6 Å². The summed E-state index contributed by atoms with van der Waals surface area (Å²) in [4.78, 5) is 18.5. The molecule has 5 rings (SSSR count). The van der Waals surface area contributed by atoms with Crippen molar-refractivity contribution < 1.29 is 9.47 Å². The van der Waals surface area contributed by atoms with Crippen LogP contribution in [0, 0.1) is 11.8 Å². The van der Waals surface area contributed by atoms with E-state index in [1.165, 1.54) is 12.8 Å². The van der Waals surface area contributed by atoms with Gasteiger partial charge in [-0.05, 0) is 55.6 Å². The smallest absolute Gasteiger partial charge is 0.225 e. The number of nitrogens with zero attached hydrogens (tertiary/aromatic N) is 5. The summed E-state index contributed by atoms with van der Waals surface area (Å²) in [7, 11) is 0. The minimum Gasteiger partial charge on any atom is -0.381 e. The summed E-state index contributed by atoms with van der Waals surface area (Å²) in [5, 5.41) is 0.269. The van der Waals surface area contributed by atoms with Crippen LogP contribution in [-0.4, -0.2) is 72.5 Å². The van der Waals surface area contributed by atoms with Crippen molar-refractivity contribution in [2.45, 2.75) is 19.4 Å². The van der Waals surface area contributed by atoms with Gasteiger partial charge in [-0.1, -0.05) is 0 Å². The average Bonchev–Trinajstić information content (AvgIpc) is 2.68. The van der Waals surface area contributed by atoms with E-state index in [0.717, 1.165) is 80.3 Å². The highest BCUT2D eigenvalue weighted by atomic mass is 35.5. The summed E-state index contributed by atoms with van der Waals surface area (Å²) in [6.07, 6.45) is 2.53. The second-order valence-electron chi connectivity index (χ2n) is 8.00. The molecule has 28 heavy (non-hydrogen) atoms. The largest absolute Gasteiger partial charge is 0.381 e. The number of rotatable bonds is 4. The van der Waals surface area contributed by atoms with Gasteiger partial charge < -0.3 is 14.4 Å². The standard InChI is InChI=1S/C20H26ClN5O2/c21-20-23-17-2-1-16(11-25-5-3-14(4-6-25)15-12-28-13-15)22-18(17)19(24-20)26-7-9-27-10-8-26/h1-2,14-15H,3-13H2. The van der Waals surface area contributed by atoms with Crippen LogP contribution >= 0.6 is 11.6 Å². The van der Waals surface area contributed by atoms with Gasteiger partial charge >= 0.3 is 0 Å². The fourth-order valence-electron chi connectivity index (χ4n) is 4.43. The second-order valence-corrected chi connectivity index (χ2v) is 8.34. The van der Waals surface area contributed by atoms with Gasteiger partial charge in [-0.2, -0.15) is 4.98 Å². The number of halogens is 1. The molecular weight excluding hydrogens is 378 g/mol. The Kier molecular flexibility index (Phi) is 5.32. The van der Waals surface area contributed by atoms with E-state index in [0.29, 0.717) is 13.2 Å². The highest BCUT2D eigenvalue weighted by Crippen LogP contribution is 2.31. The first kappa shape index (κ1) is 18.5. The minimum absolute atomic E-state index is 0.269. The maximum atomic E-state index is 6.17. The summed E-state index contributed by atoms with van der Waals surface area (Å²) in [6.45, 7) is 8.05. The summed E-state index contributed by atoms with van der Waals surface area (Å²) in [6, 6.07) is 4.09.